The molecule has 2 aromatic carbocycles. The maximum Gasteiger partial charge on any atom is 0.142 e. The van der Waals surface area contributed by atoms with Gasteiger partial charge in [0.15, 0.2) is 0 Å². The van der Waals surface area contributed by atoms with Crippen LogP contribution in [0.5, 0.6) is 0 Å². The fraction of sp³-hybridized carbons (Fsp3) is 0. The van der Waals surface area contributed by atoms with Gasteiger partial charge in [0, 0.05) is 23.3 Å². The van der Waals surface area contributed by atoms with Crippen LogP contribution in [0.3, 0.4) is 0 Å². The Hall–Kier alpha value is -1.31. The summed E-state index contributed by atoms with van der Waals surface area (Å²) in [6.07, 6.45) is 0. The van der Waals surface area contributed by atoms with E-state index in [0.29, 0.717) is 0 Å². The summed E-state index contributed by atoms with van der Waals surface area (Å²) >= 11 is 0. The van der Waals surface area contributed by atoms with Gasteiger partial charge in [0.1, 0.15) is 11.4 Å². The van der Waals surface area contributed by atoms with Crippen molar-refractivity contribution in [1.29, 1.82) is 0 Å². The highest BCUT2D eigenvalue weighted by atomic mass is 35.5. The zero-order valence-corrected chi connectivity index (χ0v) is 8.33. The van der Waals surface area contributed by atoms with Crippen LogP contribution in [0.4, 0.5) is 11.4 Å². The van der Waals surface area contributed by atoms with Gasteiger partial charge in [-0.3, -0.25) is 5.32 Å². The molecule has 0 unspecified atom stereocenters. The molecule has 70 valence electrons. The first-order valence-electron chi connectivity index (χ1n) is 4.48. The number of benzene rings is 2. The van der Waals surface area contributed by atoms with Crippen molar-refractivity contribution in [2.45, 2.75) is 0 Å². The van der Waals surface area contributed by atoms with Gasteiger partial charge in [0.25, 0.3) is 0 Å². The van der Waals surface area contributed by atoms with Crippen molar-refractivity contribution in [3.8, 4) is 11.1 Å². The first-order valence-corrected chi connectivity index (χ1v) is 4.48. The largest absolute Gasteiger partial charge is 1.00 e. The van der Waals surface area contributed by atoms with E-state index in [1.807, 2.05) is 0 Å². The third-order valence-electron chi connectivity index (χ3n) is 2.52. The van der Waals surface area contributed by atoms with E-state index in [4.69, 9.17) is 0 Å². The third kappa shape index (κ3) is 1.22. The molecule has 1 heterocycles. The topological polar surface area (TPSA) is 16.6 Å². The minimum Gasteiger partial charge on any atom is -1.00 e. The predicted octanol–water partition coefficient (Wildman–Crippen LogP) is -0.802. The van der Waals surface area contributed by atoms with E-state index >= 15 is 0 Å². The summed E-state index contributed by atoms with van der Waals surface area (Å²) < 4.78 is 0. The molecule has 1 aliphatic rings. The van der Waals surface area contributed by atoms with Crippen LogP contribution < -0.4 is 17.7 Å². The van der Waals surface area contributed by atoms with Crippen molar-refractivity contribution in [3.05, 3.63) is 48.5 Å². The second kappa shape index (κ2) is 3.45. The monoisotopic (exact) mass is 203 g/mol. The lowest BCUT2D eigenvalue weighted by Gasteiger charge is -1.91. The first-order chi connectivity index (χ1) is 6.45. The minimum atomic E-state index is 0. The quantitative estimate of drug-likeness (QED) is 0.461. The Morgan fingerprint density at radius 3 is 1.57 bits per heavy atom. The maximum atomic E-state index is 2.24. The van der Waals surface area contributed by atoms with Crippen LogP contribution in [0.25, 0.3) is 11.1 Å². The molecule has 0 spiro atoms. The molecule has 0 aliphatic carbocycles. The number of fused-ring (bicyclic) bond motifs is 3. The SMILES string of the molecule is [Cl-].c1ccc2c(c1)[NH2+]c1ccccc1-2. The fourth-order valence-corrected chi connectivity index (χ4v) is 1.90. The van der Waals surface area contributed by atoms with E-state index < -0.39 is 0 Å². The Labute approximate surface area is 89.2 Å². The molecule has 0 saturated heterocycles. The van der Waals surface area contributed by atoms with E-state index in [2.05, 4.69) is 53.8 Å². The molecular weight excluding hydrogens is 194 g/mol. The van der Waals surface area contributed by atoms with Crippen LogP contribution in [0.2, 0.25) is 0 Å². The van der Waals surface area contributed by atoms with Crippen LogP contribution in [0, 0.1) is 0 Å². The van der Waals surface area contributed by atoms with Crippen LogP contribution in [-0.2, 0) is 0 Å². The van der Waals surface area contributed by atoms with Crippen LogP contribution >= 0.6 is 0 Å². The summed E-state index contributed by atoms with van der Waals surface area (Å²) in [7, 11) is 0. The highest BCUT2D eigenvalue weighted by Crippen LogP contribution is 2.34. The van der Waals surface area contributed by atoms with Crippen molar-refractivity contribution in [2.24, 2.45) is 0 Å². The predicted molar refractivity (Wildman–Crippen MR) is 53.1 cm³/mol. The van der Waals surface area contributed by atoms with E-state index in [-0.39, 0.29) is 12.4 Å². The Balaban J connectivity index is 0.000000750. The summed E-state index contributed by atoms with van der Waals surface area (Å²) in [5.41, 5.74) is 5.39. The van der Waals surface area contributed by atoms with Gasteiger partial charge in [-0.15, -0.1) is 0 Å². The standard InChI is InChI=1S/C12H9N.ClH/c1-3-7-11-9(5-1)10-6-2-4-8-12(10)13-11;/h1-8,13H;1H. The van der Waals surface area contributed by atoms with Gasteiger partial charge >= 0.3 is 0 Å². The molecule has 14 heavy (non-hydrogen) atoms. The molecule has 0 amide bonds. The minimum absolute atomic E-state index is 0. The number of halogens is 1. The summed E-state index contributed by atoms with van der Waals surface area (Å²) in [5, 5.41) is 2.24. The van der Waals surface area contributed by atoms with Crippen LogP contribution in [0.1, 0.15) is 0 Å². The maximum absolute atomic E-state index is 2.24. The van der Waals surface area contributed by atoms with Crippen molar-refractivity contribution < 1.29 is 17.7 Å². The second-order valence-corrected chi connectivity index (χ2v) is 3.32. The van der Waals surface area contributed by atoms with Gasteiger partial charge in [0.2, 0.25) is 0 Å². The molecule has 0 atom stereocenters. The normalized spacial score (nSPS) is 11.4. The van der Waals surface area contributed by atoms with Gasteiger partial charge in [0.05, 0.1) is 0 Å². The molecule has 1 nitrogen and oxygen atoms in total. The molecule has 0 bridgehead atoms. The molecule has 2 N–H and O–H groups in total. The molecule has 0 fully saturated rings. The zero-order chi connectivity index (χ0) is 8.67. The van der Waals surface area contributed by atoms with Crippen molar-refractivity contribution >= 4 is 11.4 Å². The summed E-state index contributed by atoms with van der Waals surface area (Å²) in [5.74, 6) is 0. The smallest absolute Gasteiger partial charge is 0.142 e. The van der Waals surface area contributed by atoms with E-state index in [1.54, 1.807) is 0 Å². The second-order valence-electron chi connectivity index (χ2n) is 3.32. The number of para-hydroxylation sites is 2. The highest BCUT2D eigenvalue weighted by Gasteiger charge is 2.20. The molecular formula is C12H10ClN. The molecule has 3 rings (SSSR count). The van der Waals surface area contributed by atoms with Gasteiger partial charge in [-0.25, -0.2) is 0 Å². The first kappa shape index (κ1) is 9.25. The van der Waals surface area contributed by atoms with Crippen LogP contribution in [0.15, 0.2) is 48.5 Å². The highest BCUT2D eigenvalue weighted by molar-refractivity contribution is 5.84. The summed E-state index contributed by atoms with van der Waals surface area (Å²) in [6.45, 7) is 0. The van der Waals surface area contributed by atoms with Crippen molar-refractivity contribution in [1.82, 2.24) is 0 Å². The Morgan fingerprint density at radius 2 is 1.07 bits per heavy atom. The summed E-state index contributed by atoms with van der Waals surface area (Å²) in [6, 6.07) is 17.0. The van der Waals surface area contributed by atoms with Crippen molar-refractivity contribution in [3.63, 3.8) is 0 Å². The average Bonchev–Trinajstić information content (AvgIpc) is 2.56. The van der Waals surface area contributed by atoms with E-state index in [0.717, 1.165) is 0 Å². The molecule has 2 aromatic rings. The molecule has 0 radical (unpaired) electrons. The third-order valence-corrected chi connectivity index (χ3v) is 2.52. The molecule has 1 aliphatic heterocycles. The van der Waals surface area contributed by atoms with E-state index in [9.17, 15) is 0 Å². The van der Waals surface area contributed by atoms with Gasteiger partial charge in [-0.1, -0.05) is 24.3 Å². The van der Waals surface area contributed by atoms with Crippen molar-refractivity contribution in [2.75, 3.05) is 0 Å². The molecule has 0 aromatic heterocycles. The van der Waals surface area contributed by atoms with Crippen LogP contribution in [-0.4, -0.2) is 0 Å². The van der Waals surface area contributed by atoms with Gasteiger partial charge in [-0.05, 0) is 12.1 Å². The number of rotatable bonds is 0. The van der Waals surface area contributed by atoms with Gasteiger partial charge in [-0.2, -0.15) is 0 Å². The number of quaternary nitrogens is 1. The number of nitrogens with two attached hydrogens (primary N) is 1. The Kier molecular flexibility index (Phi) is 2.28. The Bertz CT molecular complexity index is 422. The summed E-state index contributed by atoms with van der Waals surface area (Å²) in [4.78, 5) is 0. The number of hydrogen-bond acceptors (Lipinski definition) is 0. The fourth-order valence-electron chi connectivity index (χ4n) is 1.90. The van der Waals surface area contributed by atoms with Gasteiger partial charge < -0.3 is 12.4 Å². The van der Waals surface area contributed by atoms with E-state index in [1.165, 1.54) is 22.5 Å². The number of hydrogen-bond donors (Lipinski definition) is 1. The lowest BCUT2D eigenvalue weighted by molar-refractivity contribution is -0.473. The Morgan fingerprint density at radius 1 is 0.643 bits per heavy atom. The molecule has 0 saturated carbocycles. The molecule has 2 heteroatoms. The average molecular weight is 204 g/mol. The lowest BCUT2D eigenvalue weighted by Crippen LogP contribution is -3.00. The lowest BCUT2D eigenvalue weighted by atomic mass is 10.1. The zero-order valence-electron chi connectivity index (χ0n) is 7.57.